The molecule has 0 saturated carbocycles. The number of amides is 1. The van der Waals surface area contributed by atoms with Crippen LogP contribution in [-0.2, 0) is 11.2 Å². The maximum atomic E-state index is 12.4. The van der Waals surface area contributed by atoms with Crippen molar-refractivity contribution < 1.29 is 4.79 Å². The number of rotatable bonds is 5. The van der Waals surface area contributed by atoms with Gasteiger partial charge in [0.05, 0.1) is 12.1 Å². The van der Waals surface area contributed by atoms with E-state index in [1.807, 2.05) is 61.5 Å². The van der Waals surface area contributed by atoms with Gasteiger partial charge in [0.25, 0.3) is 0 Å². The van der Waals surface area contributed by atoms with Crippen LogP contribution in [0.2, 0.25) is 0 Å². The predicted octanol–water partition coefficient (Wildman–Crippen LogP) is 3.59. The van der Waals surface area contributed by atoms with Gasteiger partial charge in [-0.25, -0.2) is 0 Å². The van der Waals surface area contributed by atoms with Crippen LogP contribution in [0.5, 0.6) is 0 Å². The molecule has 24 heavy (non-hydrogen) atoms. The van der Waals surface area contributed by atoms with Crippen LogP contribution in [0.25, 0.3) is 10.8 Å². The lowest BCUT2D eigenvalue weighted by Gasteiger charge is -2.18. The average molecular weight is 318 g/mol. The van der Waals surface area contributed by atoms with Crippen LogP contribution in [0.1, 0.15) is 24.1 Å². The van der Waals surface area contributed by atoms with Crippen molar-refractivity contribution in [3.63, 3.8) is 0 Å². The first kappa shape index (κ1) is 16.2. The van der Waals surface area contributed by atoms with Crippen molar-refractivity contribution in [1.29, 1.82) is 0 Å². The van der Waals surface area contributed by atoms with Crippen LogP contribution < -0.4 is 11.1 Å². The molecule has 0 aromatic heterocycles. The SMILES string of the molecule is CC(NC(=O)[C@H](N)Cc1cccc2ccccc12)c1ccccc1. The predicted molar refractivity (Wildman–Crippen MR) is 98.6 cm³/mol. The van der Waals surface area contributed by atoms with Crippen LogP contribution in [0.3, 0.4) is 0 Å². The summed E-state index contributed by atoms with van der Waals surface area (Å²) in [5.41, 5.74) is 8.33. The number of nitrogens with one attached hydrogen (secondary N) is 1. The van der Waals surface area contributed by atoms with Gasteiger partial charge in [-0.3, -0.25) is 4.79 Å². The Kier molecular flexibility index (Phi) is 4.92. The number of benzene rings is 3. The van der Waals surface area contributed by atoms with Gasteiger partial charge in [-0.1, -0.05) is 72.8 Å². The Morgan fingerprint density at radius 1 is 0.958 bits per heavy atom. The maximum absolute atomic E-state index is 12.4. The number of fused-ring (bicyclic) bond motifs is 1. The number of hydrogen-bond acceptors (Lipinski definition) is 2. The molecular formula is C21H22N2O. The Labute approximate surface area is 142 Å². The maximum Gasteiger partial charge on any atom is 0.237 e. The third-order valence-electron chi connectivity index (χ3n) is 4.31. The Morgan fingerprint density at radius 3 is 2.42 bits per heavy atom. The minimum Gasteiger partial charge on any atom is -0.348 e. The van der Waals surface area contributed by atoms with E-state index in [0.717, 1.165) is 16.5 Å². The van der Waals surface area contributed by atoms with Gasteiger partial charge in [-0.15, -0.1) is 0 Å². The minimum atomic E-state index is -0.568. The van der Waals surface area contributed by atoms with E-state index in [4.69, 9.17) is 5.73 Å². The summed E-state index contributed by atoms with van der Waals surface area (Å²) in [4.78, 5) is 12.4. The van der Waals surface area contributed by atoms with E-state index in [9.17, 15) is 4.79 Å². The molecule has 0 aliphatic carbocycles. The summed E-state index contributed by atoms with van der Waals surface area (Å²) >= 11 is 0. The lowest BCUT2D eigenvalue weighted by atomic mass is 9.98. The summed E-state index contributed by atoms with van der Waals surface area (Å²) in [6, 6.07) is 23.6. The zero-order valence-electron chi connectivity index (χ0n) is 13.8. The Morgan fingerprint density at radius 2 is 1.62 bits per heavy atom. The molecule has 1 unspecified atom stereocenters. The zero-order valence-corrected chi connectivity index (χ0v) is 13.8. The van der Waals surface area contributed by atoms with Gasteiger partial charge in [0.15, 0.2) is 0 Å². The standard InChI is InChI=1S/C21H22N2O/c1-15(16-8-3-2-4-9-16)23-21(24)20(22)14-18-12-7-11-17-10-5-6-13-19(17)18/h2-13,15,20H,14,22H2,1H3,(H,23,24)/t15?,20-/m1/s1. The highest BCUT2D eigenvalue weighted by Gasteiger charge is 2.17. The molecule has 0 bridgehead atoms. The lowest BCUT2D eigenvalue weighted by Crippen LogP contribution is -2.43. The summed E-state index contributed by atoms with van der Waals surface area (Å²) in [6.07, 6.45) is 0.523. The number of carbonyl (C=O) groups is 1. The molecule has 0 spiro atoms. The molecule has 3 nitrogen and oxygen atoms in total. The van der Waals surface area contributed by atoms with Gasteiger partial charge >= 0.3 is 0 Å². The van der Waals surface area contributed by atoms with Crippen LogP contribution in [0.15, 0.2) is 72.8 Å². The highest BCUT2D eigenvalue weighted by atomic mass is 16.2. The van der Waals surface area contributed by atoms with Crippen LogP contribution in [0, 0.1) is 0 Å². The topological polar surface area (TPSA) is 55.1 Å². The molecule has 2 atom stereocenters. The normalized spacial score (nSPS) is 13.4. The first-order valence-corrected chi connectivity index (χ1v) is 8.22. The van der Waals surface area contributed by atoms with Crippen molar-refractivity contribution in [3.05, 3.63) is 83.9 Å². The molecule has 3 N–H and O–H groups in total. The zero-order chi connectivity index (χ0) is 16.9. The quantitative estimate of drug-likeness (QED) is 0.755. The molecular weight excluding hydrogens is 296 g/mol. The van der Waals surface area contributed by atoms with Crippen LogP contribution in [-0.4, -0.2) is 11.9 Å². The van der Waals surface area contributed by atoms with Gasteiger partial charge in [0, 0.05) is 0 Å². The highest BCUT2D eigenvalue weighted by molar-refractivity contribution is 5.87. The Hall–Kier alpha value is -2.65. The van der Waals surface area contributed by atoms with Crippen molar-refractivity contribution in [2.45, 2.75) is 25.4 Å². The third-order valence-corrected chi connectivity index (χ3v) is 4.31. The van der Waals surface area contributed by atoms with Gasteiger partial charge < -0.3 is 11.1 Å². The Bertz CT molecular complexity index is 824. The van der Waals surface area contributed by atoms with Crippen molar-refractivity contribution >= 4 is 16.7 Å². The van der Waals surface area contributed by atoms with Crippen LogP contribution in [0.4, 0.5) is 0 Å². The summed E-state index contributed by atoms with van der Waals surface area (Å²) < 4.78 is 0. The molecule has 0 heterocycles. The van der Waals surface area contributed by atoms with Crippen LogP contribution >= 0.6 is 0 Å². The summed E-state index contributed by atoms with van der Waals surface area (Å²) in [7, 11) is 0. The molecule has 0 saturated heterocycles. The molecule has 0 aliphatic rings. The molecule has 122 valence electrons. The fraction of sp³-hybridized carbons (Fsp3) is 0.190. The smallest absolute Gasteiger partial charge is 0.237 e. The van der Waals surface area contributed by atoms with E-state index >= 15 is 0 Å². The number of carbonyl (C=O) groups excluding carboxylic acids is 1. The molecule has 3 aromatic carbocycles. The van der Waals surface area contributed by atoms with E-state index < -0.39 is 6.04 Å². The lowest BCUT2D eigenvalue weighted by molar-refractivity contribution is -0.123. The molecule has 3 heteroatoms. The number of nitrogens with two attached hydrogens (primary N) is 1. The molecule has 3 rings (SSSR count). The van der Waals surface area contributed by atoms with Crippen molar-refractivity contribution in [3.8, 4) is 0 Å². The second-order valence-electron chi connectivity index (χ2n) is 6.09. The summed E-state index contributed by atoms with van der Waals surface area (Å²) in [5.74, 6) is -0.126. The van der Waals surface area contributed by atoms with E-state index in [0.29, 0.717) is 6.42 Å². The third kappa shape index (κ3) is 3.63. The first-order valence-electron chi connectivity index (χ1n) is 8.22. The molecule has 3 aromatic rings. The summed E-state index contributed by atoms with van der Waals surface area (Å²) in [6.45, 7) is 1.97. The molecule has 1 amide bonds. The van der Waals surface area contributed by atoms with Gasteiger partial charge in [0.1, 0.15) is 0 Å². The van der Waals surface area contributed by atoms with Crippen molar-refractivity contribution in [1.82, 2.24) is 5.32 Å². The van der Waals surface area contributed by atoms with E-state index in [2.05, 4.69) is 23.5 Å². The van der Waals surface area contributed by atoms with Crippen molar-refractivity contribution in [2.75, 3.05) is 0 Å². The second-order valence-corrected chi connectivity index (χ2v) is 6.09. The summed E-state index contributed by atoms with van der Waals surface area (Å²) in [5, 5.41) is 5.32. The first-order chi connectivity index (χ1) is 11.6. The fourth-order valence-electron chi connectivity index (χ4n) is 2.95. The monoisotopic (exact) mass is 318 g/mol. The molecule has 0 fully saturated rings. The van der Waals surface area contributed by atoms with E-state index in [-0.39, 0.29) is 11.9 Å². The Balaban J connectivity index is 1.70. The number of hydrogen-bond donors (Lipinski definition) is 2. The molecule has 0 aliphatic heterocycles. The van der Waals surface area contributed by atoms with Gasteiger partial charge in [0.2, 0.25) is 5.91 Å². The second kappa shape index (κ2) is 7.28. The van der Waals surface area contributed by atoms with E-state index in [1.54, 1.807) is 0 Å². The van der Waals surface area contributed by atoms with E-state index in [1.165, 1.54) is 5.39 Å². The molecule has 0 radical (unpaired) electrons. The van der Waals surface area contributed by atoms with Crippen molar-refractivity contribution in [2.24, 2.45) is 5.73 Å². The van der Waals surface area contributed by atoms with Gasteiger partial charge in [-0.05, 0) is 35.2 Å². The highest BCUT2D eigenvalue weighted by Crippen LogP contribution is 2.20. The minimum absolute atomic E-state index is 0.0581. The average Bonchev–Trinajstić information content (AvgIpc) is 2.62. The largest absolute Gasteiger partial charge is 0.348 e. The van der Waals surface area contributed by atoms with Gasteiger partial charge in [-0.2, -0.15) is 0 Å². The fourth-order valence-corrected chi connectivity index (χ4v) is 2.95.